The smallest absolute Gasteiger partial charge is 0.451 e. The van der Waals surface area contributed by atoms with Crippen LogP contribution in [0.1, 0.15) is 22.5 Å². The number of alkyl halides is 3. The Morgan fingerprint density at radius 2 is 1.61 bits per heavy atom. The fourth-order valence-electron chi connectivity index (χ4n) is 3.00. The van der Waals surface area contributed by atoms with Crippen molar-refractivity contribution >= 4 is 0 Å². The number of ether oxygens (including phenoxy) is 2. The van der Waals surface area contributed by atoms with E-state index in [0.29, 0.717) is 18.0 Å². The predicted molar refractivity (Wildman–Crippen MR) is 112 cm³/mol. The summed E-state index contributed by atoms with van der Waals surface area (Å²) in [5.41, 5.74) is 0.777. The number of nitrogens with one attached hydrogen (secondary N) is 1. The second-order valence-electron chi connectivity index (χ2n) is 7.29. The molecule has 0 unspecified atom stereocenters. The molecule has 4 aromatic rings. The van der Waals surface area contributed by atoms with Gasteiger partial charge >= 0.3 is 6.18 Å². The molecule has 14 heteroatoms. The number of aromatic amines is 1. The Morgan fingerprint density at radius 3 is 2.22 bits per heavy atom. The van der Waals surface area contributed by atoms with Gasteiger partial charge in [0.25, 0.3) is 11.6 Å². The van der Waals surface area contributed by atoms with Crippen molar-refractivity contribution in [2.24, 2.45) is 0 Å². The zero-order valence-corrected chi connectivity index (χ0v) is 18.1. The molecule has 0 saturated heterocycles. The van der Waals surface area contributed by atoms with Crippen LogP contribution in [0, 0.1) is 11.6 Å². The molecule has 4 rings (SSSR count). The molecule has 0 aliphatic carbocycles. The molecule has 1 aromatic carbocycles. The normalized spacial score (nSPS) is 11.4. The summed E-state index contributed by atoms with van der Waals surface area (Å²) in [5.74, 6) is -4.80. The summed E-state index contributed by atoms with van der Waals surface area (Å²) in [4.78, 5) is 32.6. The molecule has 0 aliphatic heterocycles. The van der Waals surface area contributed by atoms with Crippen LogP contribution in [-0.2, 0) is 19.0 Å². The van der Waals surface area contributed by atoms with Gasteiger partial charge in [-0.15, -0.1) is 0 Å². The Hall–Kier alpha value is -4.49. The van der Waals surface area contributed by atoms with Gasteiger partial charge in [-0.3, -0.25) is 4.79 Å². The Labute approximate surface area is 199 Å². The summed E-state index contributed by atoms with van der Waals surface area (Å²) in [6.45, 7) is -0.0688. The molecule has 186 valence electrons. The molecule has 0 atom stereocenters. The van der Waals surface area contributed by atoms with Crippen molar-refractivity contribution in [1.29, 1.82) is 0 Å². The van der Waals surface area contributed by atoms with E-state index in [1.807, 2.05) is 0 Å². The van der Waals surface area contributed by atoms with Crippen LogP contribution in [0.25, 0.3) is 0 Å². The number of nitrogens with zero attached hydrogens (tertiary/aromatic N) is 5. The van der Waals surface area contributed by atoms with Crippen LogP contribution in [0.15, 0.2) is 54.2 Å². The standard InChI is InChI=1S/C22H15F5N6O3/c23-16-4-12(5-17(24)18(16)36-15-9-30-20(31-10-15)22(25,26)27)1-2-35-21-32-8-14(19(34)33-21)3-13-6-28-11-29-7-13/h4-11H,1-3H2,(H,32,33,34). The van der Waals surface area contributed by atoms with Gasteiger partial charge in [0, 0.05) is 37.0 Å². The van der Waals surface area contributed by atoms with Gasteiger partial charge in [-0.25, -0.2) is 28.7 Å². The second-order valence-corrected chi connectivity index (χ2v) is 7.29. The molecular formula is C22H15F5N6O3. The van der Waals surface area contributed by atoms with Gasteiger partial charge in [0.1, 0.15) is 6.33 Å². The maximum atomic E-state index is 14.4. The van der Waals surface area contributed by atoms with E-state index in [1.165, 1.54) is 12.5 Å². The van der Waals surface area contributed by atoms with Crippen LogP contribution in [0.4, 0.5) is 22.0 Å². The van der Waals surface area contributed by atoms with Crippen molar-refractivity contribution in [3.8, 4) is 17.5 Å². The van der Waals surface area contributed by atoms with Crippen LogP contribution in [0.5, 0.6) is 17.5 Å². The quantitative estimate of drug-likeness (QED) is 0.360. The average Bonchev–Trinajstić information content (AvgIpc) is 2.83. The molecule has 3 aromatic heterocycles. The third kappa shape index (κ3) is 6.14. The summed E-state index contributed by atoms with van der Waals surface area (Å²) in [6.07, 6.45) is 2.82. The summed E-state index contributed by atoms with van der Waals surface area (Å²) in [5, 5.41) is 0. The summed E-state index contributed by atoms with van der Waals surface area (Å²) >= 11 is 0. The highest BCUT2D eigenvalue weighted by Crippen LogP contribution is 2.30. The maximum absolute atomic E-state index is 14.4. The molecule has 0 saturated carbocycles. The molecule has 3 heterocycles. The van der Waals surface area contributed by atoms with Gasteiger partial charge in [-0.1, -0.05) is 0 Å². The fraction of sp³-hybridized carbons (Fsp3) is 0.182. The number of benzene rings is 1. The molecule has 0 fully saturated rings. The van der Waals surface area contributed by atoms with E-state index in [-0.39, 0.29) is 36.8 Å². The van der Waals surface area contributed by atoms with Crippen LogP contribution >= 0.6 is 0 Å². The van der Waals surface area contributed by atoms with Gasteiger partial charge in [0.05, 0.1) is 19.0 Å². The first kappa shape index (κ1) is 24.6. The number of hydrogen-bond acceptors (Lipinski definition) is 8. The maximum Gasteiger partial charge on any atom is 0.451 e. The minimum Gasteiger partial charge on any atom is -0.464 e. The molecule has 0 amide bonds. The second kappa shape index (κ2) is 10.4. The van der Waals surface area contributed by atoms with Crippen molar-refractivity contribution in [3.63, 3.8) is 0 Å². The van der Waals surface area contributed by atoms with Crippen molar-refractivity contribution < 1.29 is 31.4 Å². The SMILES string of the molecule is O=c1nc(OCCc2cc(F)c(Oc3cnc(C(F)(F)F)nc3)c(F)c2)[nH]cc1Cc1cncnc1. The van der Waals surface area contributed by atoms with Gasteiger partial charge in [-0.2, -0.15) is 18.2 Å². The summed E-state index contributed by atoms with van der Waals surface area (Å²) in [7, 11) is 0. The molecule has 36 heavy (non-hydrogen) atoms. The monoisotopic (exact) mass is 506 g/mol. The van der Waals surface area contributed by atoms with Crippen molar-refractivity contribution in [1.82, 2.24) is 29.9 Å². The Balaban J connectivity index is 1.35. The molecule has 0 aliphatic rings. The molecule has 0 spiro atoms. The van der Waals surface area contributed by atoms with Gasteiger partial charge in [-0.05, 0) is 23.3 Å². The number of rotatable bonds is 8. The highest BCUT2D eigenvalue weighted by atomic mass is 19.4. The van der Waals surface area contributed by atoms with Gasteiger partial charge < -0.3 is 14.5 Å². The highest BCUT2D eigenvalue weighted by Gasteiger charge is 2.34. The average molecular weight is 506 g/mol. The lowest BCUT2D eigenvalue weighted by Gasteiger charge is -2.11. The molecule has 1 N–H and O–H groups in total. The number of hydrogen-bond donors (Lipinski definition) is 1. The Kier molecular flexibility index (Phi) is 7.12. The van der Waals surface area contributed by atoms with Crippen LogP contribution in [0.2, 0.25) is 0 Å². The summed E-state index contributed by atoms with van der Waals surface area (Å²) in [6, 6.07) is 1.89. The third-order valence-electron chi connectivity index (χ3n) is 4.65. The highest BCUT2D eigenvalue weighted by molar-refractivity contribution is 5.35. The number of aromatic nitrogens is 6. The van der Waals surface area contributed by atoms with Crippen LogP contribution < -0.4 is 15.0 Å². The van der Waals surface area contributed by atoms with E-state index >= 15 is 0 Å². The largest absolute Gasteiger partial charge is 0.464 e. The lowest BCUT2D eigenvalue weighted by molar-refractivity contribution is -0.145. The lowest BCUT2D eigenvalue weighted by Crippen LogP contribution is -2.16. The van der Waals surface area contributed by atoms with Crippen molar-refractivity contribution in [3.05, 3.63) is 93.9 Å². The van der Waals surface area contributed by atoms with E-state index < -0.39 is 34.9 Å². The molecular weight excluding hydrogens is 491 g/mol. The Morgan fingerprint density at radius 1 is 0.944 bits per heavy atom. The topological polar surface area (TPSA) is 116 Å². The first-order valence-electron chi connectivity index (χ1n) is 10.2. The lowest BCUT2D eigenvalue weighted by atomic mass is 10.1. The van der Waals surface area contributed by atoms with Gasteiger partial charge in [0.15, 0.2) is 23.1 Å². The van der Waals surface area contributed by atoms with Crippen molar-refractivity contribution in [2.75, 3.05) is 6.61 Å². The van der Waals surface area contributed by atoms with Crippen molar-refractivity contribution in [2.45, 2.75) is 19.0 Å². The minimum atomic E-state index is -4.76. The molecule has 9 nitrogen and oxygen atoms in total. The van der Waals surface area contributed by atoms with E-state index in [4.69, 9.17) is 9.47 Å². The molecule has 0 bridgehead atoms. The Bertz CT molecular complexity index is 1380. The van der Waals surface area contributed by atoms with Crippen LogP contribution in [-0.4, -0.2) is 36.5 Å². The zero-order valence-electron chi connectivity index (χ0n) is 18.1. The predicted octanol–water partition coefficient (Wildman–Crippen LogP) is 3.65. The number of halogens is 5. The van der Waals surface area contributed by atoms with E-state index in [1.54, 1.807) is 12.4 Å². The molecule has 0 radical (unpaired) electrons. The number of H-pyrrole nitrogens is 1. The first-order chi connectivity index (χ1) is 17.2. The fourth-order valence-corrected chi connectivity index (χ4v) is 3.00. The zero-order chi connectivity index (χ0) is 25.7. The summed E-state index contributed by atoms with van der Waals surface area (Å²) < 4.78 is 76.7. The first-order valence-corrected chi connectivity index (χ1v) is 10.2. The minimum absolute atomic E-state index is 0.0460. The third-order valence-corrected chi connectivity index (χ3v) is 4.65. The van der Waals surface area contributed by atoms with E-state index in [0.717, 1.165) is 17.7 Å². The van der Waals surface area contributed by atoms with E-state index in [2.05, 4.69) is 29.9 Å². The van der Waals surface area contributed by atoms with E-state index in [9.17, 15) is 26.7 Å². The van der Waals surface area contributed by atoms with Crippen LogP contribution in [0.3, 0.4) is 0 Å². The van der Waals surface area contributed by atoms with Gasteiger partial charge in [0.2, 0.25) is 5.82 Å².